The number of carbonyl (C=O) groups excluding carboxylic acids is 2. The molecule has 1 saturated carbocycles. The lowest BCUT2D eigenvalue weighted by atomic mass is 9.79. The van der Waals surface area contributed by atoms with Crippen LogP contribution in [0.3, 0.4) is 0 Å². The third-order valence-electron chi connectivity index (χ3n) is 7.27. The molecule has 3 unspecified atom stereocenters. The number of nitrogens with one attached hydrogen (secondary N) is 1. The largest absolute Gasteiger partial charge is 0.480 e. The van der Waals surface area contributed by atoms with Crippen molar-refractivity contribution in [2.24, 2.45) is 5.92 Å². The summed E-state index contributed by atoms with van der Waals surface area (Å²) in [6.45, 7) is 2.00. The number of ether oxygens (including phenoxy) is 1. The smallest absolute Gasteiger partial charge is 0.407 e. The highest BCUT2D eigenvalue weighted by molar-refractivity contribution is 8.00. The lowest BCUT2D eigenvalue weighted by Gasteiger charge is -2.37. The lowest BCUT2D eigenvalue weighted by molar-refractivity contribution is -0.150. The molecule has 1 aliphatic heterocycles. The lowest BCUT2D eigenvalue weighted by Crippen LogP contribution is -2.57. The molecule has 2 aromatic rings. The maximum absolute atomic E-state index is 13.4. The molecule has 8 heteroatoms. The zero-order valence-electron chi connectivity index (χ0n) is 19.0. The number of amides is 2. The van der Waals surface area contributed by atoms with E-state index < -0.39 is 24.1 Å². The molecule has 2 aliphatic carbocycles. The van der Waals surface area contributed by atoms with Crippen molar-refractivity contribution in [2.45, 2.75) is 49.6 Å². The number of nitrogens with zero attached hydrogens (tertiary/aromatic N) is 1. The number of hydrogen-bond acceptors (Lipinski definition) is 5. The standard InChI is InChI=1S/C26H28N2O5S/c1-15-28(22(14-34-15)25(30)31)24(29)23(16-7-6-8-16)27-26(32)33-13-21-19-11-4-2-9-17(19)18-10-3-5-12-20(18)21/h2-5,9-12,15-16,21-23H,6-8,13-14H2,1H3,(H,27,32)(H,30,31). The molecular weight excluding hydrogens is 452 g/mol. The second-order valence-electron chi connectivity index (χ2n) is 9.17. The van der Waals surface area contributed by atoms with E-state index in [0.29, 0.717) is 5.75 Å². The normalized spacial score (nSPS) is 22.4. The van der Waals surface area contributed by atoms with Crippen molar-refractivity contribution in [3.05, 3.63) is 59.7 Å². The van der Waals surface area contributed by atoms with Crippen LogP contribution >= 0.6 is 11.8 Å². The topological polar surface area (TPSA) is 95.9 Å². The van der Waals surface area contributed by atoms with Crippen LogP contribution < -0.4 is 5.32 Å². The molecule has 34 heavy (non-hydrogen) atoms. The van der Waals surface area contributed by atoms with Gasteiger partial charge in [0, 0.05) is 11.7 Å². The Morgan fingerprint density at radius 1 is 1.09 bits per heavy atom. The van der Waals surface area contributed by atoms with E-state index in [1.165, 1.54) is 16.7 Å². The van der Waals surface area contributed by atoms with E-state index in [2.05, 4.69) is 29.6 Å². The van der Waals surface area contributed by atoms with Crippen LogP contribution in [-0.2, 0) is 14.3 Å². The Morgan fingerprint density at radius 3 is 2.26 bits per heavy atom. The zero-order valence-corrected chi connectivity index (χ0v) is 19.8. The molecular formula is C26H28N2O5S. The van der Waals surface area contributed by atoms with Crippen molar-refractivity contribution in [2.75, 3.05) is 12.4 Å². The number of benzene rings is 2. The first kappa shape index (κ1) is 22.8. The van der Waals surface area contributed by atoms with Crippen molar-refractivity contribution in [1.29, 1.82) is 0 Å². The SMILES string of the molecule is CC1SCC(C(=O)O)N1C(=O)C(NC(=O)OCC1c2ccccc2-c2ccccc21)C1CCC1. The number of carboxylic acid groups (broad SMARTS) is 1. The summed E-state index contributed by atoms with van der Waals surface area (Å²) < 4.78 is 5.66. The molecule has 0 spiro atoms. The molecule has 7 nitrogen and oxygen atoms in total. The van der Waals surface area contributed by atoms with Gasteiger partial charge in [-0.15, -0.1) is 11.8 Å². The highest BCUT2D eigenvalue weighted by Gasteiger charge is 2.45. The molecule has 1 saturated heterocycles. The highest BCUT2D eigenvalue weighted by atomic mass is 32.2. The van der Waals surface area contributed by atoms with E-state index in [-0.39, 0.29) is 29.7 Å². The minimum atomic E-state index is -1.02. The van der Waals surface area contributed by atoms with E-state index in [1.54, 1.807) is 0 Å². The maximum Gasteiger partial charge on any atom is 0.407 e. The number of fused-ring (bicyclic) bond motifs is 3. The number of hydrogen-bond donors (Lipinski definition) is 2. The van der Waals surface area contributed by atoms with Gasteiger partial charge in [0.1, 0.15) is 18.7 Å². The summed E-state index contributed by atoms with van der Waals surface area (Å²) in [5.74, 6) is -1.06. The van der Waals surface area contributed by atoms with Crippen molar-refractivity contribution in [3.8, 4) is 11.1 Å². The molecule has 1 heterocycles. The Labute approximate surface area is 202 Å². The number of thioether (sulfide) groups is 1. The van der Waals surface area contributed by atoms with Crippen LogP contribution in [0.2, 0.25) is 0 Å². The quantitative estimate of drug-likeness (QED) is 0.647. The summed E-state index contributed by atoms with van der Waals surface area (Å²) in [4.78, 5) is 39.4. The van der Waals surface area contributed by atoms with Gasteiger partial charge in [-0.2, -0.15) is 0 Å². The molecule has 2 fully saturated rings. The number of carbonyl (C=O) groups is 3. The fourth-order valence-electron chi connectivity index (χ4n) is 5.25. The maximum atomic E-state index is 13.4. The number of carboxylic acids is 1. The molecule has 2 N–H and O–H groups in total. The average Bonchev–Trinajstić information content (AvgIpc) is 3.34. The summed E-state index contributed by atoms with van der Waals surface area (Å²) in [7, 11) is 0. The van der Waals surface area contributed by atoms with Crippen molar-refractivity contribution in [3.63, 3.8) is 0 Å². The van der Waals surface area contributed by atoms with E-state index in [9.17, 15) is 19.5 Å². The van der Waals surface area contributed by atoms with E-state index in [0.717, 1.165) is 41.5 Å². The van der Waals surface area contributed by atoms with Crippen molar-refractivity contribution >= 4 is 29.7 Å². The Hall–Kier alpha value is -3.00. The average molecular weight is 481 g/mol. The van der Waals surface area contributed by atoms with E-state index >= 15 is 0 Å². The molecule has 0 bridgehead atoms. The zero-order chi connectivity index (χ0) is 23.8. The molecule has 0 aromatic heterocycles. The minimum absolute atomic E-state index is 0.000211. The first-order valence-electron chi connectivity index (χ1n) is 11.7. The van der Waals surface area contributed by atoms with Gasteiger partial charge in [0.15, 0.2) is 0 Å². The fraction of sp³-hybridized carbons (Fsp3) is 0.423. The molecule has 3 atom stereocenters. The van der Waals surface area contributed by atoms with E-state index in [1.807, 2.05) is 31.2 Å². The van der Waals surface area contributed by atoms with Gasteiger partial charge in [0.2, 0.25) is 5.91 Å². The first-order valence-corrected chi connectivity index (χ1v) is 12.8. The van der Waals surface area contributed by atoms with Gasteiger partial charge < -0.3 is 20.1 Å². The summed E-state index contributed by atoms with van der Waals surface area (Å²) in [5, 5.41) is 12.1. The van der Waals surface area contributed by atoms with Crippen molar-refractivity contribution in [1.82, 2.24) is 10.2 Å². The second kappa shape index (κ2) is 9.33. The van der Waals surface area contributed by atoms with Crippen LogP contribution in [0.5, 0.6) is 0 Å². The number of alkyl carbamates (subject to hydrolysis) is 1. The molecule has 3 aliphatic rings. The second-order valence-corrected chi connectivity index (χ2v) is 10.5. The highest BCUT2D eigenvalue weighted by Crippen LogP contribution is 2.44. The van der Waals surface area contributed by atoms with E-state index in [4.69, 9.17) is 4.74 Å². The van der Waals surface area contributed by atoms with Gasteiger partial charge in [-0.05, 0) is 47.9 Å². The van der Waals surface area contributed by atoms with Gasteiger partial charge in [0.05, 0.1) is 5.37 Å². The van der Waals surface area contributed by atoms with Gasteiger partial charge >= 0.3 is 12.1 Å². The summed E-state index contributed by atoms with van der Waals surface area (Å²) in [5.41, 5.74) is 4.54. The number of aliphatic carboxylic acids is 1. The Kier molecular flexibility index (Phi) is 6.25. The molecule has 5 rings (SSSR count). The van der Waals surface area contributed by atoms with Crippen LogP contribution in [0.25, 0.3) is 11.1 Å². The molecule has 2 amide bonds. The van der Waals surface area contributed by atoms with Crippen LogP contribution in [0.15, 0.2) is 48.5 Å². The van der Waals surface area contributed by atoms with Gasteiger partial charge in [0.25, 0.3) is 0 Å². The van der Waals surface area contributed by atoms with Gasteiger partial charge in [-0.25, -0.2) is 9.59 Å². The molecule has 178 valence electrons. The van der Waals surface area contributed by atoms with Crippen LogP contribution in [0.4, 0.5) is 4.79 Å². The summed E-state index contributed by atoms with van der Waals surface area (Å²) >= 11 is 1.44. The third-order valence-corrected chi connectivity index (χ3v) is 8.48. The predicted molar refractivity (Wildman–Crippen MR) is 130 cm³/mol. The molecule has 2 aromatic carbocycles. The monoisotopic (exact) mass is 480 g/mol. The first-order chi connectivity index (χ1) is 16.5. The van der Waals surface area contributed by atoms with Crippen LogP contribution in [0.1, 0.15) is 43.2 Å². The van der Waals surface area contributed by atoms with Gasteiger partial charge in [-0.3, -0.25) is 4.79 Å². The predicted octanol–water partition coefficient (Wildman–Crippen LogP) is 4.07. The minimum Gasteiger partial charge on any atom is -0.480 e. The van der Waals surface area contributed by atoms with Crippen LogP contribution in [-0.4, -0.2) is 57.8 Å². The summed E-state index contributed by atoms with van der Waals surface area (Å²) in [6, 6.07) is 14.6. The Bertz CT molecular complexity index is 1070. The Balaban J connectivity index is 1.29. The number of rotatable bonds is 6. The molecule has 0 radical (unpaired) electrons. The third kappa shape index (κ3) is 4.04. The fourth-order valence-corrected chi connectivity index (χ4v) is 6.42. The van der Waals surface area contributed by atoms with Crippen LogP contribution in [0, 0.1) is 5.92 Å². The Morgan fingerprint density at radius 2 is 1.71 bits per heavy atom. The summed E-state index contributed by atoms with van der Waals surface area (Å²) in [6.07, 6.45) is 2.01. The van der Waals surface area contributed by atoms with Crippen molar-refractivity contribution < 1.29 is 24.2 Å². The van der Waals surface area contributed by atoms with Gasteiger partial charge in [-0.1, -0.05) is 55.0 Å².